The number of aryl methyl sites for hydroxylation is 2. The standard InChI is InChI=1S/C17H27NO/c1-11-8-12(2)14(4)15(13(11)3)17(9-19-10-17)16(5,6)18-7/h8,18H,9-10H2,1-7H3. The first kappa shape index (κ1) is 14.5. The van der Waals surface area contributed by atoms with E-state index in [2.05, 4.69) is 52.9 Å². The number of likely N-dealkylation sites (N-methyl/N-ethyl adjacent to an activating group) is 1. The maximum atomic E-state index is 5.63. The van der Waals surface area contributed by atoms with Crippen LogP contribution in [0, 0.1) is 27.7 Å². The minimum atomic E-state index is 0.0288. The normalized spacial score (nSPS) is 18.3. The number of nitrogens with one attached hydrogen (secondary N) is 1. The Bertz CT molecular complexity index is 472. The predicted molar refractivity (Wildman–Crippen MR) is 81.0 cm³/mol. The number of ether oxygens (including phenoxy) is 1. The third-order valence-corrected chi connectivity index (χ3v) is 5.36. The summed E-state index contributed by atoms with van der Waals surface area (Å²) in [5, 5.41) is 3.50. The fourth-order valence-electron chi connectivity index (χ4n) is 3.30. The molecule has 1 aromatic rings. The van der Waals surface area contributed by atoms with Crippen molar-refractivity contribution >= 4 is 0 Å². The minimum absolute atomic E-state index is 0.0288. The highest BCUT2D eigenvalue weighted by atomic mass is 16.5. The average molecular weight is 261 g/mol. The van der Waals surface area contributed by atoms with Crippen molar-refractivity contribution < 1.29 is 4.74 Å². The second-order valence-corrected chi connectivity index (χ2v) is 6.59. The Morgan fingerprint density at radius 3 is 1.84 bits per heavy atom. The quantitative estimate of drug-likeness (QED) is 0.902. The molecule has 106 valence electrons. The van der Waals surface area contributed by atoms with Gasteiger partial charge in [0.2, 0.25) is 0 Å². The molecule has 1 N–H and O–H groups in total. The van der Waals surface area contributed by atoms with Crippen LogP contribution in [0.3, 0.4) is 0 Å². The molecule has 1 heterocycles. The van der Waals surface area contributed by atoms with E-state index in [1.165, 1.54) is 27.8 Å². The van der Waals surface area contributed by atoms with Gasteiger partial charge in [-0.15, -0.1) is 0 Å². The van der Waals surface area contributed by atoms with E-state index in [1.807, 2.05) is 7.05 Å². The van der Waals surface area contributed by atoms with Crippen molar-refractivity contribution in [1.82, 2.24) is 5.32 Å². The Labute approximate surface area is 117 Å². The summed E-state index contributed by atoms with van der Waals surface area (Å²) in [7, 11) is 2.05. The molecule has 1 aromatic carbocycles. The van der Waals surface area contributed by atoms with Crippen molar-refractivity contribution in [3.8, 4) is 0 Å². The SMILES string of the molecule is CNC(C)(C)C1(c2c(C)c(C)cc(C)c2C)COC1. The Kier molecular flexibility index (Phi) is 3.53. The maximum absolute atomic E-state index is 5.63. The van der Waals surface area contributed by atoms with Gasteiger partial charge in [0.25, 0.3) is 0 Å². The molecule has 0 atom stereocenters. The van der Waals surface area contributed by atoms with Gasteiger partial charge in [-0.05, 0) is 76.4 Å². The van der Waals surface area contributed by atoms with Crippen molar-refractivity contribution in [1.29, 1.82) is 0 Å². The lowest BCUT2D eigenvalue weighted by atomic mass is 9.62. The van der Waals surface area contributed by atoms with Gasteiger partial charge in [-0.2, -0.15) is 0 Å². The number of rotatable bonds is 3. The zero-order valence-corrected chi connectivity index (χ0v) is 13.4. The Morgan fingerprint density at radius 1 is 1.05 bits per heavy atom. The molecule has 2 nitrogen and oxygen atoms in total. The van der Waals surface area contributed by atoms with Crippen molar-refractivity contribution in [3.63, 3.8) is 0 Å². The Morgan fingerprint density at radius 2 is 1.53 bits per heavy atom. The van der Waals surface area contributed by atoms with Crippen molar-refractivity contribution in [2.45, 2.75) is 52.5 Å². The molecule has 0 unspecified atom stereocenters. The summed E-state index contributed by atoms with van der Waals surface area (Å²) in [6.07, 6.45) is 0. The molecule has 0 amide bonds. The van der Waals surface area contributed by atoms with Crippen LogP contribution in [-0.2, 0) is 10.2 Å². The van der Waals surface area contributed by atoms with Gasteiger partial charge >= 0.3 is 0 Å². The van der Waals surface area contributed by atoms with Crippen LogP contribution in [0.2, 0.25) is 0 Å². The highest BCUT2D eigenvalue weighted by Crippen LogP contribution is 2.45. The summed E-state index contributed by atoms with van der Waals surface area (Å²) >= 11 is 0. The highest BCUT2D eigenvalue weighted by Gasteiger charge is 2.53. The van der Waals surface area contributed by atoms with E-state index in [4.69, 9.17) is 4.74 Å². The third kappa shape index (κ3) is 1.93. The molecule has 2 rings (SSSR count). The molecule has 19 heavy (non-hydrogen) atoms. The van der Waals surface area contributed by atoms with Gasteiger partial charge in [-0.1, -0.05) is 6.07 Å². The number of hydrogen-bond donors (Lipinski definition) is 1. The van der Waals surface area contributed by atoms with Crippen LogP contribution >= 0.6 is 0 Å². The molecular formula is C17H27NO. The van der Waals surface area contributed by atoms with Crippen molar-refractivity contribution in [2.24, 2.45) is 0 Å². The van der Waals surface area contributed by atoms with E-state index >= 15 is 0 Å². The second-order valence-electron chi connectivity index (χ2n) is 6.59. The molecule has 0 saturated carbocycles. The molecule has 2 heteroatoms. The highest BCUT2D eigenvalue weighted by molar-refractivity contribution is 5.51. The third-order valence-electron chi connectivity index (χ3n) is 5.36. The lowest BCUT2D eigenvalue weighted by Crippen LogP contribution is -2.66. The Hall–Kier alpha value is -0.860. The van der Waals surface area contributed by atoms with Gasteiger partial charge in [-0.3, -0.25) is 0 Å². The molecule has 1 saturated heterocycles. The smallest absolute Gasteiger partial charge is 0.0603 e. The topological polar surface area (TPSA) is 21.3 Å². The minimum Gasteiger partial charge on any atom is -0.379 e. The van der Waals surface area contributed by atoms with Gasteiger partial charge in [-0.25, -0.2) is 0 Å². The zero-order valence-electron chi connectivity index (χ0n) is 13.4. The molecule has 0 aliphatic carbocycles. The lowest BCUT2D eigenvalue weighted by molar-refractivity contribution is -0.0997. The van der Waals surface area contributed by atoms with E-state index < -0.39 is 0 Å². The summed E-state index contributed by atoms with van der Waals surface area (Å²) in [5.74, 6) is 0. The summed E-state index contributed by atoms with van der Waals surface area (Å²) in [6, 6.07) is 2.30. The van der Waals surface area contributed by atoms with Crippen LogP contribution < -0.4 is 5.32 Å². The van der Waals surface area contributed by atoms with Crippen LogP contribution in [0.1, 0.15) is 41.7 Å². The van der Waals surface area contributed by atoms with Crippen LogP contribution in [0.25, 0.3) is 0 Å². The molecule has 1 aliphatic rings. The molecule has 0 bridgehead atoms. The van der Waals surface area contributed by atoms with Crippen LogP contribution in [0.15, 0.2) is 6.07 Å². The summed E-state index contributed by atoms with van der Waals surface area (Å²) in [6.45, 7) is 15.1. The van der Waals surface area contributed by atoms with Gasteiger partial charge in [0.05, 0.1) is 18.6 Å². The molecule has 1 aliphatic heterocycles. The molecular weight excluding hydrogens is 234 g/mol. The lowest BCUT2D eigenvalue weighted by Gasteiger charge is -2.54. The second kappa shape index (κ2) is 4.60. The molecule has 0 aromatic heterocycles. The van der Waals surface area contributed by atoms with Crippen molar-refractivity contribution in [2.75, 3.05) is 20.3 Å². The summed E-state index contributed by atoms with van der Waals surface area (Å²) in [4.78, 5) is 0. The largest absolute Gasteiger partial charge is 0.379 e. The number of benzene rings is 1. The van der Waals surface area contributed by atoms with Crippen LogP contribution in [-0.4, -0.2) is 25.8 Å². The maximum Gasteiger partial charge on any atom is 0.0603 e. The van der Waals surface area contributed by atoms with E-state index in [0.29, 0.717) is 0 Å². The van der Waals surface area contributed by atoms with Crippen LogP contribution in [0.5, 0.6) is 0 Å². The molecule has 0 spiro atoms. The molecule has 1 fully saturated rings. The first-order valence-electron chi connectivity index (χ1n) is 7.11. The molecule has 0 radical (unpaired) electrons. The van der Waals surface area contributed by atoms with E-state index in [0.717, 1.165) is 13.2 Å². The fourth-order valence-corrected chi connectivity index (χ4v) is 3.30. The monoisotopic (exact) mass is 261 g/mol. The van der Waals surface area contributed by atoms with E-state index in [1.54, 1.807) is 0 Å². The zero-order chi connectivity index (χ0) is 14.4. The van der Waals surface area contributed by atoms with Gasteiger partial charge in [0.15, 0.2) is 0 Å². The fraction of sp³-hybridized carbons (Fsp3) is 0.647. The average Bonchev–Trinajstić information content (AvgIpc) is 2.29. The first-order chi connectivity index (χ1) is 8.77. The van der Waals surface area contributed by atoms with E-state index in [9.17, 15) is 0 Å². The van der Waals surface area contributed by atoms with E-state index in [-0.39, 0.29) is 11.0 Å². The van der Waals surface area contributed by atoms with Gasteiger partial charge in [0.1, 0.15) is 0 Å². The summed E-state index contributed by atoms with van der Waals surface area (Å²) < 4.78 is 5.63. The first-order valence-corrected chi connectivity index (χ1v) is 7.11. The Balaban J connectivity index is 2.70. The predicted octanol–water partition coefficient (Wildman–Crippen LogP) is 3.19. The number of hydrogen-bond acceptors (Lipinski definition) is 2. The van der Waals surface area contributed by atoms with Gasteiger partial charge < -0.3 is 10.1 Å². The van der Waals surface area contributed by atoms with Crippen molar-refractivity contribution in [3.05, 3.63) is 33.9 Å². The van der Waals surface area contributed by atoms with Crippen LogP contribution in [0.4, 0.5) is 0 Å². The van der Waals surface area contributed by atoms with Gasteiger partial charge in [0, 0.05) is 5.54 Å². The summed E-state index contributed by atoms with van der Waals surface area (Å²) in [5.41, 5.74) is 7.24.